The summed E-state index contributed by atoms with van der Waals surface area (Å²) in [5.74, 6) is 0.684. The third-order valence-electron chi connectivity index (χ3n) is 4.37. The van der Waals surface area contributed by atoms with E-state index in [1.165, 1.54) is 11.8 Å². The number of amides is 2. The van der Waals surface area contributed by atoms with Gasteiger partial charge in [-0.15, -0.1) is 11.8 Å². The molecule has 0 saturated carbocycles. The van der Waals surface area contributed by atoms with Crippen molar-refractivity contribution in [2.75, 3.05) is 23.0 Å². The molecule has 0 bridgehead atoms. The molecule has 0 aliphatic rings. The number of hydrogen-bond acceptors (Lipinski definition) is 4. The summed E-state index contributed by atoms with van der Waals surface area (Å²) >= 11 is 1.45. The van der Waals surface area contributed by atoms with Crippen molar-refractivity contribution < 1.29 is 14.3 Å². The Labute approximate surface area is 180 Å². The Hall–Kier alpha value is -3.25. The van der Waals surface area contributed by atoms with Gasteiger partial charge in [-0.25, -0.2) is 0 Å². The first-order chi connectivity index (χ1) is 14.5. The second kappa shape index (κ2) is 10.5. The van der Waals surface area contributed by atoms with Crippen LogP contribution >= 0.6 is 11.8 Å². The molecule has 6 heteroatoms. The van der Waals surface area contributed by atoms with E-state index < -0.39 is 0 Å². The van der Waals surface area contributed by atoms with Crippen molar-refractivity contribution in [1.82, 2.24) is 0 Å². The average molecular weight is 421 g/mol. The molecule has 3 aromatic carbocycles. The molecule has 30 heavy (non-hydrogen) atoms. The van der Waals surface area contributed by atoms with Gasteiger partial charge >= 0.3 is 0 Å². The Bertz CT molecular complexity index is 984. The molecule has 0 heterocycles. The van der Waals surface area contributed by atoms with Gasteiger partial charge in [-0.2, -0.15) is 0 Å². The summed E-state index contributed by atoms with van der Waals surface area (Å²) in [6.07, 6.45) is 0. The second-order valence-corrected chi connectivity index (χ2v) is 7.83. The van der Waals surface area contributed by atoms with Crippen molar-refractivity contribution >= 4 is 35.0 Å². The Morgan fingerprint density at radius 2 is 1.47 bits per heavy atom. The van der Waals surface area contributed by atoms with Gasteiger partial charge in [0.25, 0.3) is 5.91 Å². The minimum absolute atomic E-state index is 0.0483. The number of anilines is 2. The summed E-state index contributed by atoms with van der Waals surface area (Å²) in [5, 5.41) is 5.78. The largest absolute Gasteiger partial charge is 0.484 e. The molecule has 3 aromatic rings. The number of para-hydroxylation sites is 2. The van der Waals surface area contributed by atoms with Crippen LogP contribution in [0.5, 0.6) is 5.75 Å². The maximum atomic E-state index is 12.3. The lowest BCUT2D eigenvalue weighted by atomic mass is 10.1. The van der Waals surface area contributed by atoms with Gasteiger partial charge in [0.15, 0.2) is 6.61 Å². The van der Waals surface area contributed by atoms with Gasteiger partial charge in [-0.1, -0.05) is 36.4 Å². The van der Waals surface area contributed by atoms with E-state index in [1.54, 1.807) is 12.1 Å². The number of carbonyl (C=O) groups excluding carboxylic acids is 2. The van der Waals surface area contributed by atoms with Crippen LogP contribution < -0.4 is 15.4 Å². The third-order valence-corrected chi connectivity index (χ3v) is 5.38. The third kappa shape index (κ3) is 6.39. The standard InChI is InChI=1S/C24H24N2O3S/c1-17-7-6-8-18(2)24(17)26-23(28)16-30-21-13-11-19(12-14-21)25-22(27)15-29-20-9-4-3-5-10-20/h3-14H,15-16H2,1-2H3,(H,25,27)(H,26,28). The van der Waals surface area contributed by atoms with Gasteiger partial charge in [0.1, 0.15) is 5.75 Å². The molecule has 0 radical (unpaired) electrons. The summed E-state index contributed by atoms with van der Waals surface area (Å²) in [6, 6.07) is 22.5. The summed E-state index contributed by atoms with van der Waals surface area (Å²) < 4.78 is 5.43. The van der Waals surface area contributed by atoms with Crippen LogP contribution in [0.1, 0.15) is 11.1 Å². The molecule has 0 aliphatic carbocycles. The predicted octanol–water partition coefficient (Wildman–Crippen LogP) is 5.05. The molecule has 0 spiro atoms. The van der Waals surface area contributed by atoms with E-state index in [4.69, 9.17) is 4.74 Å². The zero-order chi connectivity index (χ0) is 21.3. The highest BCUT2D eigenvalue weighted by Gasteiger charge is 2.08. The minimum Gasteiger partial charge on any atom is -0.484 e. The molecule has 0 aromatic heterocycles. The summed E-state index contributed by atoms with van der Waals surface area (Å²) in [5.41, 5.74) is 3.65. The number of thioether (sulfide) groups is 1. The van der Waals surface area contributed by atoms with E-state index in [9.17, 15) is 9.59 Å². The summed E-state index contributed by atoms with van der Waals surface area (Å²) in [6.45, 7) is 3.90. The highest BCUT2D eigenvalue weighted by atomic mass is 32.2. The van der Waals surface area contributed by atoms with Gasteiger partial charge in [0.05, 0.1) is 5.75 Å². The van der Waals surface area contributed by atoms with E-state index in [0.717, 1.165) is 21.7 Å². The number of nitrogens with one attached hydrogen (secondary N) is 2. The number of carbonyl (C=O) groups is 2. The predicted molar refractivity (Wildman–Crippen MR) is 122 cm³/mol. The SMILES string of the molecule is Cc1cccc(C)c1NC(=O)CSc1ccc(NC(=O)COc2ccccc2)cc1. The minimum atomic E-state index is -0.229. The lowest BCUT2D eigenvalue weighted by molar-refractivity contribution is -0.118. The maximum Gasteiger partial charge on any atom is 0.262 e. The van der Waals surface area contributed by atoms with Gasteiger partial charge < -0.3 is 15.4 Å². The lowest BCUT2D eigenvalue weighted by Crippen LogP contribution is -2.20. The maximum absolute atomic E-state index is 12.3. The quantitative estimate of drug-likeness (QED) is 0.500. The zero-order valence-corrected chi connectivity index (χ0v) is 17.8. The van der Waals surface area contributed by atoms with Crippen molar-refractivity contribution in [2.24, 2.45) is 0 Å². The first-order valence-electron chi connectivity index (χ1n) is 9.58. The monoisotopic (exact) mass is 420 g/mol. The molecule has 3 rings (SSSR count). The summed E-state index contributed by atoms with van der Waals surface area (Å²) in [7, 11) is 0. The average Bonchev–Trinajstić information content (AvgIpc) is 2.75. The van der Waals surface area contributed by atoms with Crippen LogP contribution in [0.3, 0.4) is 0 Å². The zero-order valence-electron chi connectivity index (χ0n) is 17.0. The number of hydrogen-bond donors (Lipinski definition) is 2. The van der Waals surface area contributed by atoms with Crippen LogP contribution in [0.2, 0.25) is 0 Å². The smallest absolute Gasteiger partial charge is 0.262 e. The van der Waals surface area contributed by atoms with Gasteiger partial charge in [0.2, 0.25) is 5.91 Å². The molecule has 154 valence electrons. The van der Waals surface area contributed by atoms with Crippen molar-refractivity contribution in [3.63, 3.8) is 0 Å². The van der Waals surface area contributed by atoms with Gasteiger partial charge in [-0.05, 0) is 61.4 Å². The van der Waals surface area contributed by atoms with Crippen LogP contribution in [-0.4, -0.2) is 24.2 Å². The Kier molecular flexibility index (Phi) is 7.51. The van der Waals surface area contributed by atoms with Crippen molar-refractivity contribution in [1.29, 1.82) is 0 Å². The highest BCUT2D eigenvalue weighted by molar-refractivity contribution is 8.00. The van der Waals surface area contributed by atoms with Crippen LogP contribution in [0.4, 0.5) is 11.4 Å². The van der Waals surface area contributed by atoms with Crippen molar-refractivity contribution in [2.45, 2.75) is 18.7 Å². The lowest BCUT2D eigenvalue weighted by Gasteiger charge is -2.11. The molecule has 0 aliphatic heterocycles. The molecule has 0 saturated heterocycles. The van der Waals surface area contributed by atoms with Crippen LogP contribution in [0.15, 0.2) is 77.7 Å². The first-order valence-corrected chi connectivity index (χ1v) is 10.6. The van der Waals surface area contributed by atoms with E-state index in [-0.39, 0.29) is 18.4 Å². The first kappa shape index (κ1) is 21.5. The van der Waals surface area contributed by atoms with Gasteiger partial charge in [0, 0.05) is 16.3 Å². The van der Waals surface area contributed by atoms with E-state index in [2.05, 4.69) is 10.6 Å². The van der Waals surface area contributed by atoms with Crippen molar-refractivity contribution in [3.05, 3.63) is 83.9 Å². The van der Waals surface area contributed by atoms with Crippen LogP contribution in [0.25, 0.3) is 0 Å². The molecule has 2 N–H and O–H groups in total. The fourth-order valence-corrected chi connectivity index (χ4v) is 3.53. The number of rotatable bonds is 8. The fraction of sp³-hybridized carbons (Fsp3) is 0.167. The molecule has 0 atom stereocenters. The molecule has 5 nitrogen and oxygen atoms in total. The van der Waals surface area contributed by atoms with E-state index >= 15 is 0 Å². The highest BCUT2D eigenvalue weighted by Crippen LogP contribution is 2.23. The van der Waals surface area contributed by atoms with Crippen molar-refractivity contribution in [3.8, 4) is 5.75 Å². The number of benzene rings is 3. The number of ether oxygens (including phenoxy) is 1. The molecule has 0 fully saturated rings. The fourth-order valence-electron chi connectivity index (χ4n) is 2.83. The van der Waals surface area contributed by atoms with Gasteiger partial charge in [-0.3, -0.25) is 9.59 Å². The molecule has 0 unspecified atom stereocenters. The second-order valence-electron chi connectivity index (χ2n) is 6.78. The normalized spacial score (nSPS) is 10.3. The van der Waals surface area contributed by atoms with Crippen LogP contribution in [0, 0.1) is 13.8 Å². The molecular weight excluding hydrogens is 396 g/mol. The number of aryl methyl sites for hydroxylation is 2. The van der Waals surface area contributed by atoms with E-state index in [0.29, 0.717) is 17.2 Å². The Morgan fingerprint density at radius 3 is 2.13 bits per heavy atom. The van der Waals surface area contributed by atoms with E-state index in [1.807, 2.05) is 74.5 Å². The topological polar surface area (TPSA) is 67.4 Å². The summed E-state index contributed by atoms with van der Waals surface area (Å²) in [4.78, 5) is 25.3. The molecular formula is C24H24N2O3S. The molecule has 2 amide bonds. The van der Waals surface area contributed by atoms with Crippen LogP contribution in [-0.2, 0) is 9.59 Å². The Morgan fingerprint density at radius 1 is 0.800 bits per heavy atom. The Balaban J connectivity index is 1.45.